The van der Waals surface area contributed by atoms with Crippen LogP contribution >= 0.6 is 15.9 Å². The lowest BCUT2D eigenvalue weighted by Crippen LogP contribution is -2.67. The summed E-state index contributed by atoms with van der Waals surface area (Å²) in [4.78, 5) is 0. The maximum absolute atomic E-state index is 7.12. The van der Waals surface area contributed by atoms with Gasteiger partial charge < -0.3 is 18.6 Å². The molecular weight excluding hydrogens is 544 g/mol. The molecule has 0 amide bonds. The maximum Gasteiger partial charge on any atom is 0.261 e. The minimum absolute atomic E-state index is 0.00859. The largest absolute Gasteiger partial charge is 0.405 e. The first-order valence-corrected chi connectivity index (χ1v) is 16.8. The Kier molecular flexibility index (Phi) is 7.34. The predicted molar refractivity (Wildman–Crippen MR) is 156 cm³/mol. The molecule has 2 aromatic carbocycles. The van der Waals surface area contributed by atoms with E-state index < -0.39 is 8.32 Å². The monoisotopic (exact) mass is 586 g/mol. The normalized spacial score (nSPS) is 34.8. The van der Waals surface area contributed by atoms with Gasteiger partial charge in [-0.25, -0.2) is 0 Å². The quantitative estimate of drug-likeness (QED) is 0.174. The molecule has 202 valence electrons. The van der Waals surface area contributed by atoms with E-state index in [4.69, 9.17) is 18.6 Å². The zero-order chi connectivity index (χ0) is 26.5. The highest BCUT2D eigenvalue weighted by Gasteiger charge is 2.59. The van der Waals surface area contributed by atoms with Gasteiger partial charge in [0.25, 0.3) is 8.32 Å². The summed E-state index contributed by atoms with van der Waals surface area (Å²) in [6.07, 6.45) is 4.96. The summed E-state index contributed by atoms with van der Waals surface area (Å²) in [5, 5.41) is 3.50. The van der Waals surface area contributed by atoms with Crippen molar-refractivity contribution in [2.75, 3.05) is 11.9 Å². The van der Waals surface area contributed by atoms with Crippen LogP contribution in [0.25, 0.3) is 0 Å². The number of halogens is 1. The van der Waals surface area contributed by atoms with E-state index in [1.807, 2.05) is 0 Å². The highest BCUT2D eigenvalue weighted by atomic mass is 79.9. The van der Waals surface area contributed by atoms with E-state index in [2.05, 4.69) is 118 Å². The molecular formula is C31H43BrO4Si. The van der Waals surface area contributed by atoms with E-state index in [-0.39, 0.29) is 27.9 Å². The Morgan fingerprint density at radius 1 is 0.730 bits per heavy atom. The third kappa shape index (κ3) is 5.39. The first kappa shape index (κ1) is 27.5. The highest BCUT2D eigenvalue weighted by Crippen LogP contribution is 2.50. The van der Waals surface area contributed by atoms with Crippen molar-refractivity contribution in [3.05, 3.63) is 60.7 Å². The Balaban J connectivity index is 1.19. The van der Waals surface area contributed by atoms with Crippen LogP contribution in [0.15, 0.2) is 60.7 Å². The Hall–Kier alpha value is -1.02. The van der Waals surface area contributed by atoms with Crippen LogP contribution in [0.5, 0.6) is 0 Å². The minimum Gasteiger partial charge on any atom is -0.405 e. The number of benzene rings is 2. The van der Waals surface area contributed by atoms with Gasteiger partial charge in [0.2, 0.25) is 0 Å². The molecule has 3 fully saturated rings. The molecule has 0 aliphatic carbocycles. The summed E-state index contributed by atoms with van der Waals surface area (Å²) < 4.78 is 25.4. The van der Waals surface area contributed by atoms with Crippen LogP contribution in [0.4, 0.5) is 0 Å². The van der Waals surface area contributed by atoms with Gasteiger partial charge in [-0.15, -0.1) is 0 Å². The van der Waals surface area contributed by atoms with Gasteiger partial charge in [0.05, 0.1) is 30.0 Å². The highest BCUT2D eigenvalue weighted by molar-refractivity contribution is 9.09. The number of epoxide rings is 3. The molecule has 0 spiro atoms. The molecule has 0 aromatic heterocycles. The first-order chi connectivity index (χ1) is 17.5. The van der Waals surface area contributed by atoms with Crippen molar-refractivity contribution >= 4 is 34.6 Å². The molecule has 0 bridgehead atoms. The number of alkyl halides is 1. The minimum atomic E-state index is -2.54. The molecule has 37 heavy (non-hydrogen) atoms. The standard InChI is InChI=1S/C31H43BrO4Si/c1-28(2,3)37(23-13-9-7-10-14-23,24-15-11-8-12-16-24)33-21-27-30(5,36-27)20-17-25-29(4,34-25)19-18-26-31(6,22-32)35-26/h7-16,25-27H,17-22H2,1-6H3/t25-,26+,27+,29+,30+,31+/m0/s1. The zero-order valence-corrected chi connectivity index (χ0v) is 25.8. The fraction of sp³-hybridized carbons (Fsp3) is 0.613. The molecule has 3 aliphatic heterocycles. The van der Waals surface area contributed by atoms with Crippen molar-refractivity contribution in [3.63, 3.8) is 0 Å². The van der Waals surface area contributed by atoms with Gasteiger partial charge in [0, 0.05) is 5.33 Å². The van der Waals surface area contributed by atoms with E-state index in [0.29, 0.717) is 18.8 Å². The summed E-state index contributed by atoms with van der Waals surface area (Å²) in [5.74, 6) is 0. The number of hydrogen-bond acceptors (Lipinski definition) is 4. The average molecular weight is 588 g/mol. The smallest absolute Gasteiger partial charge is 0.261 e. The van der Waals surface area contributed by atoms with Crippen molar-refractivity contribution in [3.8, 4) is 0 Å². The third-order valence-electron chi connectivity index (χ3n) is 9.05. The lowest BCUT2D eigenvalue weighted by molar-refractivity contribution is 0.237. The van der Waals surface area contributed by atoms with E-state index in [1.165, 1.54) is 10.4 Å². The average Bonchev–Trinajstić information content (AvgIpc) is 3.82. The topological polar surface area (TPSA) is 46.8 Å². The van der Waals surface area contributed by atoms with Gasteiger partial charge in [-0.3, -0.25) is 0 Å². The van der Waals surface area contributed by atoms with Gasteiger partial charge in [-0.05, 0) is 61.9 Å². The van der Waals surface area contributed by atoms with Crippen molar-refractivity contribution in [1.29, 1.82) is 0 Å². The summed E-state index contributed by atoms with van der Waals surface area (Å²) in [7, 11) is -2.54. The van der Waals surface area contributed by atoms with Crippen molar-refractivity contribution in [2.45, 2.75) is 107 Å². The number of ether oxygens (including phenoxy) is 3. The van der Waals surface area contributed by atoms with Crippen LogP contribution < -0.4 is 10.4 Å². The molecule has 0 radical (unpaired) electrons. The molecule has 6 atom stereocenters. The van der Waals surface area contributed by atoms with E-state index in [9.17, 15) is 0 Å². The van der Waals surface area contributed by atoms with Gasteiger partial charge in [0.15, 0.2) is 0 Å². The van der Waals surface area contributed by atoms with Crippen molar-refractivity contribution in [1.82, 2.24) is 0 Å². The van der Waals surface area contributed by atoms with Crippen molar-refractivity contribution < 1.29 is 18.6 Å². The molecule has 3 heterocycles. The Bertz CT molecular complexity index is 1040. The molecule has 0 saturated carbocycles. The Morgan fingerprint density at radius 3 is 1.62 bits per heavy atom. The number of hydrogen-bond donors (Lipinski definition) is 0. The van der Waals surface area contributed by atoms with Crippen LogP contribution in [0.1, 0.15) is 67.2 Å². The predicted octanol–water partition coefficient (Wildman–Crippen LogP) is 5.99. The van der Waals surface area contributed by atoms with Crippen LogP contribution in [0.3, 0.4) is 0 Å². The summed E-state index contributed by atoms with van der Waals surface area (Å²) in [6, 6.07) is 21.7. The summed E-state index contributed by atoms with van der Waals surface area (Å²) >= 11 is 3.56. The second-order valence-corrected chi connectivity index (χ2v) is 17.8. The van der Waals surface area contributed by atoms with Gasteiger partial charge >= 0.3 is 0 Å². The molecule has 0 N–H and O–H groups in total. The second-order valence-electron chi connectivity index (χ2n) is 12.9. The van der Waals surface area contributed by atoms with Crippen molar-refractivity contribution in [2.24, 2.45) is 0 Å². The Labute approximate surface area is 232 Å². The molecule has 0 unspecified atom stereocenters. The van der Waals surface area contributed by atoms with Crippen LogP contribution in [-0.4, -0.2) is 55.4 Å². The van der Waals surface area contributed by atoms with Crippen LogP contribution in [0, 0.1) is 0 Å². The maximum atomic E-state index is 7.12. The summed E-state index contributed by atoms with van der Waals surface area (Å²) in [6.45, 7) is 14.3. The number of rotatable bonds is 12. The van der Waals surface area contributed by atoms with Gasteiger partial charge in [0.1, 0.15) is 11.7 Å². The van der Waals surface area contributed by atoms with E-state index in [0.717, 1.165) is 31.0 Å². The zero-order valence-electron chi connectivity index (χ0n) is 23.3. The fourth-order valence-electron chi connectivity index (χ4n) is 6.17. The Morgan fingerprint density at radius 2 is 1.16 bits per heavy atom. The van der Waals surface area contributed by atoms with Gasteiger partial charge in [-0.1, -0.05) is 97.4 Å². The lowest BCUT2D eigenvalue weighted by Gasteiger charge is -2.43. The van der Waals surface area contributed by atoms with Crippen LogP contribution in [0.2, 0.25) is 5.04 Å². The lowest BCUT2D eigenvalue weighted by atomic mass is 9.92. The molecule has 5 rings (SSSR count). The first-order valence-electron chi connectivity index (χ1n) is 13.8. The summed E-state index contributed by atoms with van der Waals surface area (Å²) in [5.41, 5.74) is -0.119. The van der Waals surface area contributed by atoms with E-state index in [1.54, 1.807) is 0 Å². The van der Waals surface area contributed by atoms with Crippen LogP contribution in [-0.2, 0) is 18.6 Å². The molecule has 3 saturated heterocycles. The fourth-order valence-corrected chi connectivity index (χ4v) is 11.2. The SMILES string of the molecule is CC(C)(C)[Si](OC[C@H]1O[C@]1(C)CC[C@@H]1O[C@]1(C)CC[C@H]1O[C@]1(C)CBr)(c1ccccc1)c1ccccc1. The molecule has 6 heteroatoms. The van der Waals surface area contributed by atoms with Gasteiger partial charge in [-0.2, -0.15) is 0 Å². The third-order valence-corrected chi connectivity index (χ3v) is 15.2. The molecule has 3 aliphatic rings. The molecule has 2 aromatic rings. The second kappa shape index (κ2) is 9.87. The molecule has 4 nitrogen and oxygen atoms in total. The van der Waals surface area contributed by atoms with E-state index >= 15 is 0 Å².